The molecule has 5 heteroatoms. The largest absolute Gasteiger partial charge is 0.389 e. The number of nitrogens with two attached hydrogens (primary N) is 1. The number of imidazole rings is 1. The molecule has 0 aliphatic heterocycles. The molecule has 0 aliphatic rings. The number of hydrogen-bond donors (Lipinski definition) is 2. The number of anilines is 1. The van der Waals surface area contributed by atoms with Gasteiger partial charge in [-0.15, -0.1) is 0 Å². The van der Waals surface area contributed by atoms with Crippen molar-refractivity contribution in [3.8, 4) is 0 Å². The molecule has 0 spiro atoms. The summed E-state index contributed by atoms with van der Waals surface area (Å²) in [5.74, 6) is 0.426. The predicted molar refractivity (Wildman–Crippen MR) is 68.1 cm³/mol. The molecule has 1 aromatic carbocycles. The Bertz CT molecular complexity index is 528. The lowest BCUT2D eigenvalue weighted by Gasteiger charge is -2.19. The van der Waals surface area contributed by atoms with Gasteiger partial charge in [-0.2, -0.15) is 0 Å². The third kappa shape index (κ3) is 2.20. The standard InChI is InChI=1S/C11H14BrN3O/c1-11(2,16)6-15-9-4-3-7(12)5-8(9)14-10(15)13/h3-5,16H,6H2,1-2H3,(H2,13,14). The van der Waals surface area contributed by atoms with Crippen molar-refractivity contribution >= 4 is 32.9 Å². The summed E-state index contributed by atoms with van der Waals surface area (Å²) < 4.78 is 2.79. The molecule has 0 saturated carbocycles. The van der Waals surface area contributed by atoms with Crippen LogP contribution in [-0.2, 0) is 6.54 Å². The highest BCUT2D eigenvalue weighted by atomic mass is 79.9. The van der Waals surface area contributed by atoms with Gasteiger partial charge in [0.25, 0.3) is 0 Å². The lowest BCUT2D eigenvalue weighted by Crippen LogP contribution is -2.26. The van der Waals surface area contributed by atoms with Crippen molar-refractivity contribution in [2.75, 3.05) is 5.73 Å². The van der Waals surface area contributed by atoms with E-state index < -0.39 is 5.60 Å². The van der Waals surface area contributed by atoms with Crippen molar-refractivity contribution in [2.24, 2.45) is 0 Å². The van der Waals surface area contributed by atoms with Gasteiger partial charge in [-0.3, -0.25) is 0 Å². The third-order valence-corrected chi connectivity index (χ3v) is 2.78. The van der Waals surface area contributed by atoms with Gasteiger partial charge in [0.2, 0.25) is 5.95 Å². The maximum absolute atomic E-state index is 9.81. The topological polar surface area (TPSA) is 64.1 Å². The fourth-order valence-electron chi connectivity index (χ4n) is 1.67. The molecule has 0 saturated heterocycles. The Kier molecular flexibility index (Phi) is 2.67. The number of aromatic nitrogens is 2. The maximum atomic E-state index is 9.81. The number of nitrogens with zero attached hydrogens (tertiary/aromatic N) is 2. The first-order valence-electron chi connectivity index (χ1n) is 5.00. The van der Waals surface area contributed by atoms with Gasteiger partial charge in [0, 0.05) is 4.47 Å². The molecule has 0 fully saturated rings. The van der Waals surface area contributed by atoms with E-state index in [1.807, 2.05) is 22.8 Å². The summed E-state index contributed by atoms with van der Waals surface area (Å²) in [6, 6.07) is 5.78. The average Bonchev–Trinajstić information content (AvgIpc) is 2.40. The van der Waals surface area contributed by atoms with E-state index in [1.54, 1.807) is 13.8 Å². The van der Waals surface area contributed by atoms with Crippen molar-refractivity contribution in [1.82, 2.24) is 9.55 Å². The van der Waals surface area contributed by atoms with E-state index in [4.69, 9.17) is 5.73 Å². The fourth-order valence-corrected chi connectivity index (χ4v) is 2.02. The molecule has 4 nitrogen and oxygen atoms in total. The van der Waals surface area contributed by atoms with Crippen LogP contribution in [0.3, 0.4) is 0 Å². The monoisotopic (exact) mass is 283 g/mol. The van der Waals surface area contributed by atoms with Crippen LogP contribution in [-0.4, -0.2) is 20.3 Å². The molecule has 0 bridgehead atoms. The first kappa shape index (κ1) is 11.4. The molecule has 0 aliphatic carbocycles. The minimum Gasteiger partial charge on any atom is -0.389 e. The van der Waals surface area contributed by atoms with Gasteiger partial charge in [-0.05, 0) is 32.0 Å². The molecule has 3 N–H and O–H groups in total. The minimum absolute atomic E-state index is 0.426. The molecule has 86 valence electrons. The summed E-state index contributed by atoms with van der Waals surface area (Å²) in [4.78, 5) is 4.26. The Morgan fingerprint density at radius 1 is 1.50 bits per heavy atom. The van der Waals surface area contributed by atoms with Crippen LogP contribution in [0.2, 0.25) is 0 Å². The van der Waals surface area contributed by atoms with Gasteiger partial charge in [0.1, 0.15) is 0 Å². The molecular formula is C11H14BrN3O. The highest BCUT2D eigenvalue weighted by Gasteiger charge is 2.17. The zero-order valence-electron chi connectivity index (χ0n) is 9.24. The number of nitrogen functional groups attached to an aromatic ring is 1. The Morgan fingerprint density at radius 3 is 2.81 bits per heavy atom. The highest BCUT2D eigenvalue weighted by Crippen LogP contribution is 2.23. The second-order valence-electron chi connectivity index (χ2n) is 4.50. The van der Waals surface area contributed by atoms with E-state index in [1.165, 1.54) is 0 Å². The smallest absolute Gasteiger partial charge is 0.201 e. The minimum atomic E-state index is -0.811. The van der Waals surface area contributed by atoms with E-state index in [0.717, 1.165) is 15.5 Å². The van der Waals surface area contributed by atoms with Crippen molar-refractivity contribution in [1.29, 1.82) is 0 Å². The molecule has 0 atom stereocenters. The second kappa shape index (κ2) is 3.75. The van der Waals surface area contributed by atoms with Gasteiger partial charge in [-0.1, -0.05) is 15.9 Å². The normalized spacial score (nSPS) is 12.2. The molecule has 1 heterocycles. The van der Waals surface area contributed by atoms with Crippen LogP contribution in [0, 0.1) is 0 Å². The molecule has 0 radical (unpaired) electrons. The van der Waals surface area contributed by atoms with Crippen LogP contribution in [0.4, 0.5) is 5.95 Å². The van der Waals surface area contributed by atoms with Crippen molar-refractivity contribution in [3.05, 3.63) is 22.7 Å². The van der Waals surface area contributed by atoms with Crippen LogP contribution in [0.5, 0.6) is 0 Å². The number of hydrogen-bond acceptors (Lipinski definition) is 3. The average molecular weight is 284 g/mol. The van der Waals surface area contributed by atoms with Gasteiger partial charge in [-0.25, -0.2) is 4.98 Å². The maximum Gasteiger partial charge on any atom is 0.201 e. The van der Waals surface area contributed by atoms with E-state index >= 15 is 0 Å². The number of aliphatic hydroxyl groups is 1. The van der Waals surface area contributed by atoms with Crippen LogP contribution >= 0.6 is 15.9 Å². The Hall–Kier alpha value is -1.07. The Morgan fingerprint density at radius 2 is 2.19 bits per heavy atom. The van der Waals surface area contributed by atoms with E-state index in [-0.39, 0.29) is 0 Å². The molecule has 2 aromatic rings. The quantitative estimate of drug-likeness (QED) is 0.888. The van der Waals surface area contributed by atoms with Crippen molar-refractivity contribution < 1.29 is 5.11 Å². The summed E-state index contributed by atoms with van der Waals surface area (Å²) in [6.45, 7) is 3.92. The Labute approximate surface area is 102 Å². The molecule has 0 amide bonds. The zero-order valence-corrected chi connectivity index (χ0v) is 10.8. The zero-order chi connectivity index (χ0) is 11.9. The number of rotatable bonds is 2. The SMILES string of the molecule is CC(C)(O)Cn1c(N)nc2cc(Br)ccc21. The molecule has 0 unspecified atom stereocenters. The van der Waals surface area contributed by atoms with Crippen LogP contribution < -0.4 is 5.73 Å². The fraction of sp³-hybridized carbons (Fsp3) is 0.364. The number of fused-ring (bicyclic) bond motifs is 1. The van der Waals surface area contributed by atoms with Gasteiger partial charge in [0.05, 0.1) is 23.2 Å². The van der Waals surface area contributed by atoms with Gasteiger partial charge >= 0.3 is 0 Å². The van der Waals surface area contributed by atoms with E-state index in [0.29, 0.717) is 12.5 Å². The van der Waals surface area contributed by atoms with Crippen molar-refractivity contribution in [3.63, 3.8) is 0 Å². The lowest BCUT2D eigenvalue weighted by atomic mass is 10.1. The van der Waals surface area contributed by atoms with Crippen LogP contribution in [0.15, 0.2) is 22.7 Å². The number of halogens is 1. The lowest BCUT2D eigenvalue weighted by molar-refractivity contribution is 0.0633. The summed E-state index contributed by atoms with van der Waals surface area (Å²) in [6.07, 6.45) is 0. The molecule has 16 heavy (non-hydrogen) atoms. The molecule has 2 rings (SSSR count). The summed E-state index contributed by atoms with van der Waals surface area (Å²) >= 11 is 3.39. The Balaban J connectivity index is 2.56. The second-order valence-corrected chi connectivity index (χ2v) is 5.42. The molecule has 1 aromatic heterocycles. The number of benzene rings is 1. The highest BCUT2D eigenvalue weighted by molar-refractivity contribution is 9.10. The van der Waals surface area contributed by atoms with E-state index in [9.17, 15) is 5.11 Å². The van der Waals surface area contributed by atoms with Gasteiger partial charge in [0.15, 0.2) is 0 Å². The first-order valence-corrected chi connectivity index (χ1v) is 5.80. The van der Waals surface area contributed by atoms with Gasteiger partial charge < -0.3 is 15.4 Å². The van der Waals surface area contributed by atoms with Crippen molar-refractivity contribution in [2.45, 2.75) is 26.0 Å². The van der Waals surface area contributed by atoms with E-state index in [2.05, 4.69) is 20.9 Å². The third-order valence-electron chi connectivity index (χ3n) is 2.28. The van der Waals surface area contributed by atoms with Crippen LogP contribution in [0.25, 0.3) is 11.0 Å². The van der Waals surface area contributed by atoms with Crippen LogP contribution in [0.1, 0.15) is 13.8 Å². The predicted octanol–water partition coefficient (Wildman–Crippen LogP) is 2.15. The summed E-state index contributed by atoms with van der Waals surface area (Å²) in [5.41, 5.74) is 6.79. The molecular weight excluding hydrogens is 270 g/mol. The summed E-state index contributed by atoms with van der Waals surface area (Å²) in [5, 5.41) is 9.81. The summed E-state index contributed by atoms with van der Waals surface area (Å²) in [7, 11) is 0. The first-order chi connectivity index (χ1) is 7.37.